The monoisotopic (exact) mass is 513 g/mol. The molecular formula is C20H19FIrN3-. The van der Waals surface area contributed by atoms with Crippen LogP contribution in [0.2, 0.25) is 0 Å². The van der Waals surface area contributed by atoms with Gasteiger partial charge in [0.15, 0.2) is 0 Å². The Morgan fingerprint density at radius 2 is 1.68 bits per heavy atom. The molecule has 4 aromatic rings. The summed E-state index contributed by atoms with van der Waals surface area (Å²) in [6, 6.07) is 10.1. The van der Waals surface area contributed by atoms with Crippen molar-refractivity contribution in [2.24, 2.45) is 0 Å². The number of hydrogen-bond donors (Lipinski definition) is 0. The Labute approximate surface area is 159 Å². The molecule has 0 aliphatic carbocycles. The minimum Gasteiger partial charge on any atom is -0.321 e. The van der Waals surface area contributed by atoms with Gasteiger partial charge in [0, 0.05) is 31.3 Å². The van der Waals surface area contributed by atoms with Crippen LogP contribution >= 0.6 is 0 Å². The summed E-state index contributed by atoms with van der Waals surface area (Å²) < 4.78 is 15.8. The normalized spacial score (nSPS) is 12.1. The standard InChI is InChI=1S/C20H19FN3.Ir/c1-11-8-16-17(9-12(11)2)24-18(22-16)14-7-6-13(21)10-15(14)23-19(24)20(3,4)5;/h6,8-10H,1-5H3;/q-1;. The van der Waals surface area contributed by atoms with E-state index < -0.39 is 0 Å². The van der Waals surface area contributed by atoms with Crippen molar-refractivity contribution in [2.75, 3.05) is 0 Å². The maximum Gasteiger partial charge on any atom is 0.102 e. The third kappa shape index (κ3) is 2.76. The van der Waals surface area contributed by atoms with E-state index in [0.29, 0.717) is 5.52 Å². The number of rotatable bonds is 0. The van der Waals surface area contributed by atoms with Crippen LogP contribution in [0.3, 0.4) is 0 Å². The van der Waals surface area contributed by atoms with Crippen LogP contribution in [0, 0.1) is 25.7 Å². The Morgan fingerprint density at radius 1 is 1.00 bits per heavy atom. The van der Waals surface area contributed by atoms with Crippen LogP contribution in [0.4, 0.5) is 4.39 Å². The topological polar surface area (TPSA) is 30.2 Å². The van der Waals surface area contributed by atoms with E-state index in [-0.39, 0.29) is 31.3 Å². The third-order valence-corrected chi connectivity index (χ3v) is 4.49. The van der Waals surface area contributed by atoms with E-state index in [1.165, 1.54) is 23.3 Å². The molecule has 5 heteroatoms. The Kier molecular flexibility index (Phi) is 4.21. The number of imidazole rings is 1. The predicted octanol–water partition coefficient (Wildman–Crippen LogP) is 4.89. The summed E-state index contributed by atoms with van der Waals surface area (Å²) in [5.41, 5.74) is 5.55. The quantitative estimate of drug-likeness (QED) is 0.314. The summed E-state index contributed by atoms with van der Waals surface area (Å²) in [5.74, 6) is 0.539. The first-order valence-electron chi connectivity index (χ1n) is 8.06. The Bertz CT molecular complexity index is 1120. The van der Waals surface area contributed by atoms with E-state index in [1.54, 1.807) is 0 Å². The Balaban J connectivity index is 0.00000182. The van der Waals surface area contributed by atoms with E-state index >= 15 is 0 Å². The fraction of sp³-hybridized carbons (Fsp3) is 0.300. The molecule has 0 aliphatic rings. The smallest absolute Gasteiger partial charge is 0.102 e. The molecule has 2 aromatic carbocycles. The maximum absolute atomic E-state index is 13.7. The average molecular weight is 513 g/mol. The number of halogens is 1. The molecule has 0 unspecified atom stereocenters. The SMILES string of the molecule is Cc1cc2nc3c4[c-]cc(F)cc4nc(C(C)(C)C)n3c2cc1C.[Ir]. The van der Waals surface area contributed by atoms with Crippen molar-refractivity contribution in [3.8, 4) is 0 Å². The molecule has 0 atom stereocenters. The second-order valence-electron chi connectivity index (χ2n) is 7.46. The van der Waals surface area contributed by atoms with E-state index in [1.807, 2.05) is 0 Å². The summed E-state index contributed by atoms with van der Waals surface area (Å²) in [6.45, 7) is 10.5. The van der Waals surface area contributed by atoms with Gasteiger partial charge in [-0.2, -0.15) is 0 Å². The van der Waals surface area contributed by atoms with Crippen molar-refractivity contribution in [3.05, 3.63) is 53.1 Å². The molecular weight excluding hydrogens is 493 g/mol. The molecule has 0 N–H and O–H groups in total. The second kappa shape index (κ2) is 5.86. The first-order valence-corrected chi connectivity index (χ1v) is 8.06. The Hall–Kier alpha value is -1.84. The number of aryl methyl sites for hydroxylation is 2. The first-order chi connectivity index (χ1) is 11.3. The van der Waals surface area contributed by atoms with Gasteiger partial charge in [-0.05, 0) is 42.6 Å². The summed E-state index contributed by atoms with van der Waals surface area (Å²) in [6.07, 6.45) is 0. The van der Waals surface area contributed by atoms with Crippen LogP contribution in [-0.4, -0.2) is 14.4 Å². The van der Waals surface area contributed by atoms with Crippen molar-refractivity contribution in [1.82, 2.24) is 14.4 Å². The molecule has 0 amide bonds. The van der Waals surface area contributed by atoms with Gasteiger partial charge in [-0.15, -0.1) is 12.1 Å². The average Bonchev–Trinajstić information content (AvgIpc) is 2.84. The van der Waals surface area contributed by atoms with Crippen molar-refractivity contribution in [1.29, 1.82) is 0 Å². The van der Waals surface area contributed by atoms with Crippen LogP contribution < -0.4 is 0 Å². The molecule has 2 heterocycles. The first kappa shape index (κ1) is 18.0. The van der Waals surface area contributed by atoms with Crippen molar-refractivity contribution in [3.63, 3.8) is 0 Å². The van der Waals surface area contributed by atoms with Gasteiger partial charge in [-0.25, -0.2) is 0 Å². The van der Waals surface area contributed by atoms with Gasteiger partial charge >= 0.3 is 0 Å². The van der Waals surface area contributed by atoms with E-state index in [0.717, 1.165) is 27.9 Å². The minimum absolute atomic E-state index is 0. The molecule has 0 saturated carbocycles. The minimum atomic E-state index is -0.331. The fourth-order valence-electron chi connectivity index (χ4n) is 3.11. The molecule has 0 bridgehead atoms. The zero-order valence-corrected chi connectivity index (χ0v) is 17.3. The van der Waals surface area contributed by atoms with Gasteiger partial charge in [0.25, 0.3) is 0 Å². The van der Waals surface area contributed by atoms with Crippen LogP contribution in [0.15, 0.2) is 24.3 Å². The van der Waals surface area contributed by atoms with Crippen molar-refractivity contribution >= 4 is 27.6 Å². The van der Waals surface area contributed by atoms with Gasteiger partial charge in [0.05, 0.1) is 16.7 Å². The second-order valence-corrected chi connectivity index (χ2v) is 7.46. The molecule has 3 nitrogen and oxygen atoms in total. The number of aromatic nitrogens is 3. The van der Waals surface area contributed by atoms with E-state index in [2.05, 4.69) is 57.2 Å². The van der Waals surface area contributed by atoms with Crippen LogP contribution in [0.5, 0.6) is 0 Å². The van der Waals surface area contributed by atoms with Crippen LogP contribution in [0.25, 0.3) is 27.6 Å². The molecule has 25 heavy (non-hydrogen) atoms. The summed E-state index contributed by atoms with van der Waals surface area (Å²) in [4.78, 5) is 9.58. The van der Waals surface area contributed by atoms with Gasteiger partial charge in [0.1, 0.15) is 5.82 Å². The molecule has 1 radical (unpaired) electrons. The number of nitrogens with zero attached hydrogens (tertiary/aromatic N) is 3. The van der Waals surface area contributed by atoms with Crippen molar-refractivity contribution < 1.29 is 24.5 Å². The van der Waals surface area contributed by atoms with Crippen LogP contribution in [0.1, 0.15) is 37.7 Å². The number of hydrogen-bond acceptors (Lipinski definition) is 2. The molecule has 0 spiro atoms. The van der Waals surface area contributed by atoms with E-state index in [4.69, 9.17) is 9.97 Å². The van der Waals surface area contributed by atoms with Gasteiger partial charge in [-0.1, -0.05) is 32.2 Å². The zero-order chi connectivity index (χ0) is 17.2. The van der Waals surface area contributed by atoms with E-state index in [9.17, 15) is 4.39 Å². The van der Waals surface area contributed by atoms with Gasteiger partial charge < -0.3 is 4.40 Å². The molecule has 131 valence electrons. The molecule has 0 aliphatic heterocycles. The zero-order valence-electron chi connectivity index (χ0n) is 14.9. The summed E-state index contributed by atoms with van der Waals surface area (Å²) in [5, 5.41) is 0.746. The largest absolute Gasteiger partial charge is 0.321 e. The summed E-state index contributed by atoms with van der Waals surface area (Å²) in [7, 11) is 0. The molecule has 2 aromatic heterocycles. The van der Waals surface area contributed by atoms with Crippen molar-refractivity contribution in [2.45, 2.75) is 40.0 Å². The maximum atomic E-state index is 13.7. The molecule has 4 rings (SSSR count). The number of fused-ring (bicyclic) bond motifs is 5. The predicted molar refractivity (Wildman–Crippen MR) is 95.0 cm³/mol. The molecule has 0 fully saturated rings. The van der Waals surface area contributed by atoms with Crippen LogP contribution in [-0.2, 0) is 25.5 Å². The summed E-state index contributed by atoms with van der Waals surface area (Å²) >= 11 is 0. The number of benzene rings is 2. The molecule has 0 saturated heterocycles. The third-order valence-electron chi connectivity index (χ3n) is 4.49. The van der Waals surface area contributed by atoms with Gasteiger partial charge in [-0.3, -0.25) is 14.4 Å². The Morgan fingerprint density at radius 3 is 2.36 bits per heavy atom. The fourth-order valence-corrected chi connectivity index (χ4v) is 3.11. The van der Waals surface area contributed by atoms with Gasteiger partial charge in [0.2, 0.25) is 0 Å².